The van der Waals surface area contributed by atoms with Crippen LogP contribution in [0.2, 0.25) is 0 Å². The largest absolute Gasteiger partial charge is 0.468 e. The van der Waals surface area contributed by atoms with Gasteiger partial charge in [0.1, 0.15) is 12.4 Å². The molecular weight excluding hydrogens is 446 g/mol. The van der Waals surface area contributed by atoms with E-state index >= 15 is 0 Å². The highest BCUT2D eigenvalue weighted by Crippen LogP contribution is 2.32. The number of rotatable bonds is 4. The number of aliphatic hydroxyl groups is 1. The maximum Gasteiger partial charge on any atom is 0.331 e. The SMILES string of the molecule is C/C=C(Cl)\C(=C/C)N1Cc2cnc(N)nc2N(CC(=O)OC)C1=O.CC.OC1CCCCC1. The van der Waals surface area contributed by atoms with Crippen LogP contribution in [0.4, 0.5) is 16.6 Å². The van der Waals surface area contributed by atoms with Gasteiger partial charge in [-0.3, -0.25) is 14.6 Å². The molecule has 0 unspecified atom stereocenters. The Hall–Kier alpha value is -2.65. The van der Waals surface area contributed by atoms with Gasteiger partial charge in [-0.2, -0.15) is 4.98 Å². The number of anilines is 2. The number of halogens is 1. The lowest BCUT2D eigenvalue weighted by molar-refractivity contribution is -0.138. The molecule has 2 amide bonds. The summed E-state index contributed by atoms with van der Waals surface area (Å²) in [5.41, 5.74) is 6.79. The van der Waals surface area contributed by atoms with E-state index < -0.39 is 12.0 Å². The molecule has 33 heavy (non-hydrogen) atoms. The number of hydrogen-bond donors (Lipinski definition) is 2. The van der Waals surface area contributed by atoms with Crippen molar-refractivity contribution in [2.45, 2.75) is 72.4 Å². The summed E-state index contributed by atoms with van der Waals surface area (Å²) in [5, 5.41) is 9.33. The predicted molar refractivity (Wildman–Crippen MR) is 131 cm³/mol. The van der Waals surface area contributed by atoms with Crippen molar-refractivity contribution in [2.24, 2.45) is 0 Å². The number of nitrogens with zero attached hydrogens (tertiary/aromatic N) is 4. The fourth-order valence-corrected chi connectivity index (χ4v) is 3.62. The molecule has 1 aromatic heterocycles. The number of esters is 1. The molecule has 9 nitrogen and oxygen atoms in total. The molecule has 1 fully saturated rings. The smallest absolute Gasteiger partial charge is 0.331 e. The van der Waals surface area contributed by atoms with Crippen LogP contribution >= 0.6 is 11.6 Å². The summed E-state index contributed by atoms with van der Waals surface area (Å²) < 4.78 is 4.66. The van der Waals surface area contributed by atoms with Crippen molar-refractivity contribution in [3.8, 4) is 0 Å². The lowest BCUT2D eigenvalue weighted by Gasteiger charge is -2.36. The van der Waals surface area contributed by atoms with Gasteiger partial charge in [0.15, 0.2) is 0 Å². The third-order valence-electron chi connectivity index (χ3n) is 5.06. The molecule has 0 spiro atoms. The van der Waals surface area contributed by atoms with E-state index in [4.69, 9.17) is 22.4 Å². The zero-order valence-corrected chi connectivity index (χ0v) is 20.9. The Morgan fingerprint density at radius 2 is 1.91 bits per heavy atom. The van der Waals surface area contributed by atoms with Crippen molar-refractivity contribution in [2.75, 3.05) is 24.3 Å². The monoisotopic (exact) mass is 481 g/mol. The van der Waals surface area contributed by atoms with Crippen LogP contribution in [0.3, 0.4) is 0 Å². The Bertz CT molecular complexity index is 853. The molecule has 184 valence electrons. The van der Waals surface area contributed by atoms with Crippen LogP contribution in [0.15, 0.2) is 29.1 Å². The van der Waals surface area contributed by atoms with Gasteiger partial charge in [-0.05, 0) is 26.7 Å². The summed E-state index contributed by atoms with van der Waals surface area (Å²) in [6.45, 7) is 7.47. The zero-order chi connectivity index (χ0) is 25.0. The predicted octanol–water partition coefficient (Wildman–Crippen LogP) is 4.36. The highest BCUT2D eigenvalue weighted by molar-refractivity contribution is 6.32. The minimum Gasteiger partial charge on any atom is -0.468 e. The minimum absolute atomic E-state index is 0.0163. The Morgan fingerprint density at radius 3 is 2.39 bits per heavy atom. The first-order valence-electron chi connectivity index (χ1n) is 11.3. The second kappa shape index (κ2) is 14.5. The van der Waals surface area contributed by atoms with E-state index in [0.29, 0.717) is 22.1 Å². The number of ether oxygens (including phenoxy) is 1. The maximum atomic E-state index is 12.9. The van der Waals surface area contributed by atoms with Gasteiger partial charge in [0, 0.05) is 11.8 Å². The molecule has 10 heteroatoms. The van der Waals surface area contributed by atoms with Crippen molar-refractivity contribution in [1.29, 1.82) is 0 Å². The van der Waals surface area contributed by atoms with Crippen LogP contribution in [0.25, 0.3) is 0 Å². The van der Waals surface area contributed by atoms with Gasteiger partial charge in [0.2, 0.25) is 5.95 Å². The number of nitrogens with two attached hydrogens (primary N) is 1. The van der Waals surface area contributed by atoms with E-state index in [2.05, 4.69) is 14.7 Å². The molecule has 0 aromatic carbocycles. The van der Waals surface area contributed by atoms with Gasteiger partial charge >= 0.3 is 12.0 Å². The molecule has 1 aromatic rings. The van der Waals surface area contributed by atoms with Gasteiger partial charge in [-0.1, -0.05) is 56.9 Å². The summed E-state index contributed by atoms with van der Waals surface area (Å²) in [6.07, 6.45) is 10.9. The molecule has 2 heterocycles. The van der Waals surface area contributed by atoms with Crippen LogP contribution in [0.1, 0.15) is 65.4 Å². The topological polar surface area (TPSA) is 122 Å². The first-order valence-corrected chi connectivity index (χ1v) is 11.6. The van der Waals surface area contributed by atoms with Gasteiger partial charge < -0.3 is 15.6 Å². The fourth-order valence-electron chi connectivity index (χ4n) is 3.41. The first-order chi connectivity index (χ1) is 15.8. The van der Waals surface area contributed by atoms with Crippen molar-refractivity contribution < 1.29 is 19.4 Å². The van der Waals surface area contributed by atoms with Crippen LogP contribution in [0, 0.1) is 0 Å². The molecule has 0 bridgehead atoms. The normalized spacial score (nSPS) is 16.8. The summed E-state index contributed by atoms with van der Waals surface area (Å²) in [6, 6.07) is -0.445. The fraction of sp³-hybridized carbons (Fsp3) is 0.565. The number of aromatic nitrogens is 2. The van der Waals surface area contributed by atoms with Gasteiger partial charge in [-0.15, -0.1) is 0 Å². The minimum atomic E-state index is -0.576. The number of amides is 2. The average Bonchev–Trinajstić information content (AvgIpc) is 2.84. The molecule has 1 aliphatic heterocycles. The number of allylic oxidation sites excluding steroid dienone is 3. The summed E-state index contributed by atoms with van der Waals surface area (Å²) in [4.78, 5) is 35.3. The summed E-state index contributed by atoms with van der Waals surface area (Å²) in [5.74, 6) is -0.267. The van der Waals surface area contributed by atoms with E-state index in [1.807, 2.05) is 13.8 Å². The number of fused-ring (bicyclic) bond motifs is 1. The molecule has 2 aliphatic rings. The van der Waals surface area contributed by atoms with Crippen molar-refractivity contribution in [3.05, 3.63) is 34.6 Å². The van der Waals surface area contributed by atoms with Crippen molar-refractivity contribution >= 4 is 35.4 Å². The molecule has 0 atom stereocenters. The Morgan fingerprint density at radius 1 is 1.27 bits per heavy atom. The Labute approximate surface area is 201 Å². The number of carbonyl (C=O) groups is 2. The van der Waals surface area contributed by atoms with Gasteiger partial charge in [0.05, 0.1) is 30.5 Å². The van der Waals surface area contributed by atoms with E-state index in [-0.39, 0.29) is 25.1 Å². The lowest BCUT2D eigenvalue weighted by Crippen LogP contribution is -2.49. The molecule has 1 saturated carbocycles. The second-order valence-electron chi connectivity index (χ2n) is 7.21. The van der Waals surface area contributed by atoms with Crippen LogP contribution < -0.4 is 10.6 Å². The third-order valence-corrected chi connectivity index (χ3v) is 5.47. The standard InChI is InChI=1S/C15H18ClN5O3.C6H12O.C2H6/c1-4-10(16)11(5-2)20-7-9-6-18-14(17)19-13(9)21(15(20)23)8-12(22)24-3;7-6-4-2-1-3-5-6;1-2/h4-6H,7-8H2,1-3H3,(H2,17,18,19);6-7H,1-5H2;1-2H3/b10-4+,11-5+;;. The Kier molecular flexibility index (Phi) is 12.5. The van der Waals surface area contributed by atoms with Crippen LogP contribution in [-0.2, 0) is 16.1 Å². The Balaban J connectivity index is 0.000000508. The van der Waals surface area contributed by atoms with E-state index in [0.717, 1.165) is 12.8 Å². The average molecular weight is 482 g/mol. The number of nitrogen functional groups attached to an aromatic ring is 1. The molecule has 3 rings (SSSR count). The molecule has 1 aliphatic carbocycles. The molecular formula is C23H36ClN5O4. The quantitative estimate of drug-likeness (QED) is 0.483. The number of urea groups is 1. The summed E-state index contributed by atoms with van der Waals surface area (Å²) >= 11 is 6.20. The highest BCUT2D eigenvalue weighted by atomic mass is 35.5. The molecule has 0 saturated heterocycles. The van der Waals surface area contributed by atoms with Crippen molar-refractivity contribution in [3.63, 3.8) is 0 Å². The zero-order valence-electron chi connectivity index (χ0n) is 20.2. The van der Waals surface area contributed by atoms with Gasteiger partial charge in [0.25, 0.3) is 0 Å². The molecule has 0 radical (unpaired) electrons. The number of carbonyl (C=O) groups excluding carboxylic acids is 2. The van der Waals surface area contributed by atoms with E-state index in [1.54, 1.807) is 26.0 Å². The number of aliphatic hydroxyl groups excluding tert-OH is 1. The second-order valence-corrected chi connectivity index (χ2v) is 7.62. The van der Waals surface area contributed by atoms with Crippen LogP contribution in [0.5, 0.6) is 0 Å². The van der Waals surface area contributed by atoms with Gasteiger partial charge in [-0.25, -0.2) is 9.78 Å². The third kappa shape index (κ3) is 8.01. The highest BCUT2D eigenvalue weighted by Gasteiger charge is 2.35. The lowest BCUT2D eigenvalue weighted by atomic mass is 9.98. The van der Waals surface area contributed by atoms with E-state index in [1.165, 1.54) is 42.4 Å². The van der Waals surface area contributed by atoms with Crippen LogP contribution in [-0.4, -0.2) is 51.7 Å². The summed E-state index contributed by atoms with van der Waals surface area (Å²) in [7, 11) is 1.25. The van der Waals surface area contributed by atoms with E-state index in [9.17, 15) is 9.59 Å². The molecule has 3 N–H and O–H groups in total. The maximum absolute atomic E-state index is 12.9. The number of methoxy groups -OCH3 is 1. The number of hydrogen-bond acceptors (Lipinski definition) is 7. The van der Waals surface area contributed by atoms with Crippen molar-refractivity contribution in [1.82, 2.24) is 14.9 Å². The first kappa shape index (κ1) is 28.4.